The first-order valence-corrected chi connectivity index (χ1v) is 10.3. The number of hydrogen-bond acceptors (Lipinski definition) is 6. The number of carbonyl (C=O) groups is 2. The van der Waals surface area contributed by atoms with E-state index in [1.807, 2.05) is 32.9 Å². The zero-order valence-electron chi connectivity index (χ0n) is 18.9. The van der Waals surface area contributed by atoms with Crippen LogP contribution in [-0.2, 0) is 14.3 Å². The van der Waals surface area contributed by atoms with Gasteiger partial charge in [-0.1, -0.05) is 19.9 Å². The Balaban J connectivity index is 2.22. The van der Waals surface area contributed by atoms with E-state index in [9.17, 15) is 9.59 Å². The molecule has 1 aromatic carbocycles. The molecule has 0 saturated carbocycles. The number of carbonyl (C=O) groups excluding carboxylic acids is 2. The first-order valence-electron chi connectivity index (χ1n) is 10.3. The third-order valence-electron chi connectivity index (χ3n) is 5.68. The van der Waals surface area contributed by atoms with E-state index < -0.39 is 11.8 Å². The van der Waals surface area contributed by atoms with E-state index in [1.165, 1.54) is 0 Å². The summed E-state index contributed by atoms with van der Waals surface area (Å²) in [5.74, 6) is -0.322. The first-order chi connectivity index (χ1) is 14.1. The van der Waals surface area contributed by atoms with Gasteiger partial charge in [0, 0.05) is 41.0 Å². The summed E-state index contributed by atoms with van der Waals surface area (Å²) in [6.45, 7) is 9.61. The fourth-order valence-electron chi connectivity index (χ4n) is 4.47. The number of esters is 1. The molecular weight excluding hydrogens is 382 g/mol. The van der Waals surface area contributed by atoms with Crippen molar-refractivity contribution in [2.45, 2.75) is 59.5 Å². The third kappa shape index (κ3) is 4.13. The fraction of sp³-hybridized carbons (Fsp3) is 0.542. The average Bonchev–Trinajstić information content (AvgIpc) is 2.64. The molecule has 0 saturated heterocycles. The van der Waals surface area contributed by atoms with E-state index in [-0.39, 0.29) is 23.3 Å². The van der Waals surface area contributed by atoms with Crippen LogP contribution >= 0.6 is 0 Å². The Kier molecular flexibility index (Phi) is 6.06. The van der Waals surface area contributed by atoms with Crippen molar-refractivity contribution in [1.29, 1.82) is 0 Å². The molecule has 0 bridgehead atoms. The van der Waals surface area contributed by atoms with Gasteiger partial charge >= 0.3 is 5.97 Å². The Labute approximate surface area is 178 Å². The smallest absolute Gasteiger partial charge is 0.315 e. The molecule has 3 rings (SSSR count). The molecule has 0 fully saturated rings. The molecule has 0 radical (unpaired) electrons. The maximum Gasteiger partial charge on any atom is 0.315 e. The number of methoxy groups -OCH3 is 2. The average molecular weight is 414 g/mol. The molecule has 6 heteroatoms. The Bertz CT molecular complexity index is 926. The maximum absolute atomic E-state index is 13.3. The van der Waals surface area contributed by atoms with E-state index in [1.54, 1.807) is 20.3 Å². The molecule has 0 aromatic heterocycles. The van der Waals surface area contributed by atoms with E-state index in [4.69, 9.17) is 19.2 Å². The lowest BCUT2D eigenvalue weighted by molar-refractivity contribution is -0.150. The van der Waals surface area contributed by atoms with Crippen molar-refractivity contribution in [3.8, 4) is 11.5 Å². The molecule has 0 spiro atoms. The minimum atomic E-state index is -0.682. The van der Waals surface area contributed by atoms with E-state index >= 15 is 0 Å². The molecule has 2 aliphatic rings. The highest BCUT2D eigenvalue weighted by molar-refractivity contribution is 6.09. The molecule has 1 aromatic rings. The molecule has 1 aliphatic carbocycles. The largest absolute Gasteiger partial charge is 0.497 e. The van der Waals surface area contributed by atoms with Crippen molar-refractivity contribution < 1.29 is 23.8 Å². The monoisotopic (exact) mass is 413 g/mol. The number of nitrogens with zero attached hydrogens (tertiary/aromatic N) is 1. The van der Waals surface area contributed by atoms with Gasteiger partial charge in [0.2, 0.25) is 0 Å². The van der Waals surface area contributed by atoms with Crippen molar-refractivity contribution in [1.82, 2.24) is 0 Å². The maximum atomic E-state index is 13.3. The van der Waals surface area contributed by atoms with Crippen molar-refractivity contribution >= 4 is 17.5 Å². The summed E-state index contributed by atoms with van der Waals surface area (Å²) >= 11 is 0. The van der Waals surface area contributed by atoms with Gasteiger partial charge in [0.25, 0.3) is 0 Å². The van der Waals surface area contributed by atoms with Gasteiger partial charge < -0.3 is 14.2 Å². The summed E-state index contributed by atoms with van der Waals surface area (Å²) in [5, 5.41) is 0. The Morgan fingerprint density at radius 3 is 2.47 bits per heavy atom. The number of hydrogen-bond donors (Lipinski definition) is 0. The topological polar surface area (TPSA) is 74.2 Å². The lowest BCUT2D eigenvalue weighted by atomic mass is 9.66. The van der Waals surface area contributed by atoms with Crippen molar-refractivity contribution in [2.24, 2.45) is 16.3 Å². The normalized spacial score (nSPS) is 23.1. The molecule has 1 aliphatic heterocycles. The van der Waals surface area contributed by atoms with E-state index in [2.05, 4.69) is 13.8 Å². The summed E-state index contributed by atoms with van der Waals surface area (Å²) in [7, 11) is 3.16. The van der Waals surface area contributed by atoms with Crippen LogP contribution in [0, 0.1) is 11.3 Å². The number of aliphatic imine (C=N–C) groups is 1. The second-order valence-electron chi connectivity index (χ2n) is 9.10. The lowest BCUT2D eigenvalue weighted by Gasteiger charge is -2.39. The van der Waals surface area contributed by atoms with Crippen LogP contribution in [0.1, 0.15) is 58.9 Å². The van der Waals surface area contributed by atoms with Crippen molar-refractivity contribution in [3.05, 3.63) is 35.0 Å². The summed E-state index contributed by atoms with van der Waals surface area (Å²) < 4.78 is 16.5. The van der Waals surface area contributed by atoms with E-state index in [0.717, 1.165) is 11.3 Å². The predicted octanol–water partition coefficient (Wildman–Crippen LogP) is 4.47. The zero-order chi connectivity index (χ0) is 22.2. The van der Waals surface area contributed by atoms with Gasteiger partial charge in [-0.15, -0.1) is 0 Å². The van der Waals surface area contributed by atoms with Crippen LogP contribution in [-0.4, -0.2) is 37.8 Å². The molecule has 2 atom stereocenters. The SMILES string of the molecule is COc1ccc([C@@H]2C3=C(CC(C)(C)CC3=O)N=C(C)C2C(=O)OC(C)C)c(OC)c1. The summed E-state index contributed by atoms with van der Waals surface area (Å²) in [4.78, 5) is 31.2. The quantitative estimate of drug-likeness (QED) is 0.666. The zero-order valence-corrected chi connectivity index (χ0v) is 18.9. The minimum Gasteiger partial charge on any atom is -0.497 e. The van der Waals surface area contributed by atoms with Gasteiger partial charge in [-0.2, -0.15) is 0 Å². The Morgan fingerprint density at radius 1 is 1.17 bits per heavy atom. The molecule has 1 heterocycles. The molecule has 0 amide bonds. The van der Waals surface area contributed by atoms with Gasteiger partial charge in [-0.05, 0) is 38.7 Å². The van der Waals surface area contributed by atoms with Crippen LogP contribution in [0.3, 0.4) is 0 Å². The molecule has 162 valence electrons. The summed E-state index contributed by atoms with van der Waals surface area (Å²) in [6.07, 6.45) is 0.841. The minimum absolute atomic E-state index is 0.0303. The van der Waals surface area contributed by atoms with Crippen LogP contribution in [0.15, 0.2) is 34.5 Å². The summed E-state index contributed by atoms with van der Waals surface area (Å²) in [5.41, 5.74) is 2.63. The van der Waals surface area contributed by atoms with Crippen LogP contribution in [0.25, 0.3) is 0 Å². The highest BCUT2D eigenvalue weighted by Gasteiger charge is 2.47. The van der Waals surface area contributed by atoms with Gasteiger partial charge in [0.05, 0.1) is 20.3 Å². The van der Waals surface area contributed by atoms with Gasteiger partial charge in [-0.3, -0.25) is 14.6 Å². The Morgan fingerprint density at radius 2 is 1.87 bits per heavy atom. The van der Waals surface area contributed by atoms with E-state index in [0.29, 0.717) is 35.6 Å². The standard InChI is InChI=1S/C24H31NO5/c1-13(2)30-23(27)20-14(3)25-17-11-24(4,5)12-18(26)22(17)21(20)16-9-8-15(28-6)10-19(16)29-7/h8-10,13,20-21H,11-12H2,1-7H3/t20?,21-/m0/s1. The Hall–Kier alpha value is -2.63. The highest BCUT2D eigenvalue weighted by Crippen LogP contribution is 2.50. The first kappa shape index (κ1) is 22.1. The number of allylic oxidation sites excluding steroid dienone is 2. The van der Waals surface area contributed by atoms with Gasteiger partial charge in [-0.25, -0.2) is 0 Å². The molecule has 30 heavy (non-hydrogen) atoms. The summed E-state index contributed by atoms with van der Waals surface area (Å²) in [6, 6.07) is 5.47. The van der Waals surface area contributed by atoms with Crippen molar-refractivity contribution in [2.75, 3.05) is 14.2 Å². The lowest BCUT2D eigenvalue weighted by Crippen LogP contribution is -2.40. The third-order valence-corrected chi connectivity index (χ3v) is 5.68. The van der Waals surface area contributed by atoms with Crippen LogP contribution < -0.4 is 9.47 Å². The molecule has 1 unspecified atom stereocenters. The van der Waals surface area contributed by atoms with Crippen LogP contribution in [0.5, 0.6) is 11.5 Å². The number of Topliss-reactive ketones (excluding diaryl/α,β-unsaturated/α-hetero) is 1. The van der Waals surface area contributed by atoms with Gasteiger partial charge in [0.1, 0.15) is 17.4 Å². The number of ether oxygens (including phenoxy) is 3. The fourth-order valence-corrected chi connectivity index (χ4v) is 4.47. The highest BCUT2D eigenvalue weighted by atomic mass is 16.5. The molecule has 0 N–H and O–H groups in total. The van der Waals surface area contributed by atoms with Crippen LogP contribution in [0.2, 0.25) is 0 Å². The predicted molar refractivity (Wildman–Crippen MR) is 115 cm³/mol. The number of ketones is 1. The van der Waals surface area contributed by atoms with Gasteiger partial charge in [0.15, 0.2) is 5.78 Å². The molecular formula is C24H31NO5. The second kappa shape index (κ2) is 8.25. The number of rotatable bonds is 5. The second-order valence-corrected chi connectivity index (χ2v) is 9.10. The van der Waals surface area contributed by atoms with Crippen molar-refractivity contribution in [3.63, 3.8) is 0 Å². The van der Waals surface area contributed by atoms with Crippen LogP contribution in [0.4, 0.5) is 0 Å². The number of benzene rings is 1. The molecule has 6 nitrogen and oxygen atoms in total.